The minimum Gasteiger partial charge on any atom is -0.355 e. The normalized spacial score (nSPS) is 10.7. The molecule has 0 aromatic heterocycles. The van der Waals surface area contributed by atoms with Gasteiger partial charge in [0.2, 0.25) is 11.8 Å². The van der Waals surface area contributed by atoms with Gasteiger partial charge in [-0.05, 0) is 32.0 Å². The summed E-state index contributed by atoms with van der Waals surface area (Å²) < 4.78 is 39.5. The maximum absolute atomic E-state index is 13.5. The smallest absolute Gasteiger partial charge is 0.238 e. The molecule has 0 aliphatic heterocycles. The van der Waals surface area contributed by atoms with Crippen LogP contribution >= 0.6 is 0 Å². The molecule has 23 heavy (non-hydrogen) atoms. The molecule has 1 rings (SSSR count). The number of carbonyl (C=O) groups is 2. The van der Waals surface area contributed by atoms with E-state index in [-0.39, 0.29) is 19.0 Å². The molecular weight excluding hydrogens is 311 g/mol. The Hall–Kier alpha value is -2.09. The molecule has 0 aliphatic carbocycles. The summed E-state index contributed by atoms with van der Waals surface area (Å²) in [5.74, 6) is -5.27. The Morgan fingerprint density at radius 1 is 1.04 bits per heavy atom. The number of benzene rings is 1. The van der Waals surface area contributed by atoms with Gasteiger partial charge in [-0.25, -0.2) is 13.2 Å². The van der Waals surface area contributed by atoms with Crippen LogP contribution in [0.25, 0.3) is 0 Å². The average molecular weight is 331 g/mol. The standard InChI is InChI=1S/C15H20F3N3O2/c1-3-7-21(8-12(22)19-4-2)9-13(23)20-11-6-5-10(16)14(17)15(11)18/h5-6H,3-4,7-9H2,1-2H3,(H,19,22)(H,20,23). The van der Waals surface area contributed by atoms with Crippen LogP contribution < -0.4 is 10.6 Å². The zero-order valence-electron chi connectivity index (χ0n) is 13.1. The van der Waals surface area contributed by atoms with Crippen LogP contribution in [0.2, 0.25) is 0 Å². The summed E-state index contributed by atoms with van der Waals surface area (Å²) in [6.07, 6.45) is 0.715. The van der Waals surface area contributed by atoms with Crippen LogP contribution in [0.1, 0.15) is 20.3 Å². The molecule has 0 fully saturated rings. The second-order valence-corrected chi connectivity index (χ2v) is 4.94. The van der Waals surface area contributed by atoms with Crippen molar-refractivity contribution in [2.24, 2.45) is 0 Å². The van der Waals surface area contributed by atoms with Crippen molar-refractivity contribution in [3.8, 4) is 0 Å². The van der Waals surface area contributed by atoms with Gasteiger partial charge >= 0.3 is 0 Å². The fourth-order valence-corrected chi connectivity index (χ4v) is 2.00. The van der Waals surface area contributed by atoms with Gasteiger partial charge < -0.3 is 10.6 Å². The van der Waals surface area contributed by atoms with Gasteiger partial charge in [0.05, 0.1) is 18.8 Å². The van der Waals surface area contributed by atoms with E-state index in [0.29, 0.717) is 19.5 Å². The van der Waals surface area contributed by atoms with Gasteiger partial charge in [-0.1, -0.05) is 6.92 Å². The highest BCUT2D eigenvalue weighted by molar-refractivity contribution is 5.92. The van der Waals surface area contributed by atoms with Gasteiger partial charge in [0.25, 0.3) is 0 Å². The van der Waals surface area contributed by atoms with E-state index < -0.39 is 29.0 Å². The first-order valence-corrected chi connectivity index (χ1v) is 7.31. The topological polar surface area (TPSA) is 61.4 Å². The summed E-state index contributed by atoms with van der Waals surface area (Å²) in [6, 6.07) is 1.67. The number of anilines is 1. The van der Waals surface area contributed by atoms with Crippen LogP contribution in [0.15, 0.2) is 12.1 Å². The Bertz CT molecular complexity index is 567. The SMILES string of the molecule is CCCN(CC(=O)NCC)CC(=O)Nc1ccc(F)c(F)c1F. The summed E-state index contributed by atoms with van der Waals surface area (Å²) in [6.45, 7) is 4.49. The van der Waals surface area contributed by atoms with Gasteiger partial charge in [0.15, 0.2) is 17.5 Å². The fraction of sp³-hybridized carbons (Fsp3) is 0.467. The van der Waals surface area contributed by atoms with E-state index >= 15 is 0 Å². The van der Waals surface area contributed by atoms with Crippen molar-refractivity contribution in [1.82, 2.24) is 10.2 Å². The first kappa shape index (κ1) is 19.0. The van der Waals surface area contributed by atoms with Crippen molar-refractivity contribution in [2.45, 2.75) is 20.3 Å². The van der Waals surface area contributed by atoms with Crippen molar-refractivity contribution >= 4 is 17.5 Å². The number of likely N-dealkylation sites (N-methyl/N-ethyl adjacent to an activating group) is 1. The van der Waals surface area contributed by atoms with Crippen LogP contribution in [0.4, 0.5) is 18.9 Å². The third-order valence-corrected chi connectivity index (χ3v) is 2.96. The van der Waals surface area contributed by atoms with Crippen LogP contribution in [0, 0.1) is 17.5 Å². The quantitative estimate of drug-likeness (QED) is 0.715. The number of halogens is 3. The van der Waals surface area contributed by atoms with Gasteiger partial charge in [0.1, 0.15) is 0 Å². The van der Waals surface area contributed by atoms with Crippen LogP contribution in [-0.4, -0.2) is 42.9 Å². The number of amides is 2. The Morgan fingerprint density at radius 2 is 1.70 bits per heavy atom. The van der Waals surface area contributed by atoms with Crippen LogP contribution in [0.3, 0.4) is 0 Å². The van der Waals surface area contributed by atoms with Gasteiger partial charge in [-0.2, -0.15) is 0 Å². The first-order valence-electron chi connectivity index (χ1n) is 7.31. The molecule has 0 saturated carbocycles. The molecule has 0 radical (unpaired) electrons. The summed E-state index contributed by atoms with van der Waals surface area (Å²) >= 11 is 0. The van der Waals surface area contributed by atoms with Crippen molar-refractivity contribution < 1.29 is 22.8 Å². The Kier molecular flexibility index (Phi) is 7.53. The lowest BCUT2D eigenvalue weighted by Gasteiger charge is -2.20. The average Bonchev–Trinajstić information content (AvgIpc) is 2.48. The maximum Gasteiger partial charge on any atom is 0.238 e. The molecule has 0 spiro atoms. The second kappa shape index (κ2) is 9.14. The molecule has 0 atom stereocenters. The molecule has 0 saturated heterocycles. The van der Waals surface area contributed by atoms with Crippen LogP contribution in [0.5, 0.6) is 0 Å². The maximum atomic E-state index is 13.5. The summed E-state index contributed by atoms with van der Waals surface area (Å²) in [7, 11) is 0. The molecule has 1 aromatic rings. The summed E-state index contributed by atoms with van der Waals surface area (Å²) in [5, 5.41) is 4.80. The van der Waals surface area contributed by atoms with E-state index in [4.69, 9.17) is 0 Å². The Morgan fingerprint density at radius 3 is 2.30 bits per heavy atom. The number of nitrogens with one attached hydrogen (secondary N) is 2. The lowest BCUT2D eigenvalue weighted by Crippen LogP contribution is -2.41. The molecule has 0 aliphatic rings. The number of nitrogens with zero attached hydrogens (tertiary/aromatic N) is 1. The second-order valence-electron chi connectivity index (χ2n) is 4.94. The monoisotopic (exact) mass is 331 g/mol. The highest BCUT2D eigenvalue weighted by Gasteiger charge is 2.17. The highest BCUT2D eigenvalue weighted by atomic mass is 19.2. The molecular formula is C15H20F3N3O2. The van der Waals surface area contributed by atoms with E-state index in [9.17, 15) is 22.8 Å². The minimum absolute atomic E-state index is 0.0232. The molecule has 2 N–H and O–H groups in total. The third-order valence-electron chi connectivity index (χ3n) is 2.96. The molecule has 5 nitrogen and oxygen atoms in total. The van der Waals surface area contributed by atoms with Crippen molar-refractivity contribution in [2.75, 3.05) is 31.5 Å². The van der Waals surface area contributed by atoms with Gasteiger partial charge in [-0.3, -0.25) is 14.5 Å². The van der Waals surface area contributed by atoms with Crippen molar-refractivity contribution in [3.63, 3.8) is 0 Å². The first-order chi connectivity index (χ1) is 10.9. The van der Waals surface area contributed by atoms with E-state index in [1.54, 1.807) is 11.8 Å². The minimum atomic E-state index is -1.64. The largest absolute Gasteiger partial charge is 0.355 e. The molecule has 8 heteroatoms. The van der Waals surface area contributed by atoms with E-state index in [2.05, 4.69) is 10.6 Å². The number of carbonyl (C=O) groups excluding carboxylic acids is 2. The van der Waals surface area contributed by atoms with Gasteiger partial charge in [-0.15, -0.1) is 0 Å². The Labute approximate surface area is 132 Å². The predicted octanol–water partition coefficient (Wildman–Crippen LogP) is 1.89. The molecule has 0 bridgehead atoms. The molecule has 128 valence electrons. The van der Waals surface area contributed by atoms with Gasteiger partial charge in [0, 0.05) is 6.54 Å². The molecule has 0 heterocycles. The van der Waals surface area contributed by atoms with E-state index in [0.717, 1.165) is 12.1 Å². The van der Waals surface area contributed by atoms with Crippen molar-refractivity contribution in [3.05, 3.63) is 29.6 Å². The zero-order valence-corrected chi connectivity index (χ0v) is 13.1. The van der Waals surface area contributed by atoms with Crippen LogP contribution in [-0.2, 0) is 9.59 Å². The predicted molar refractivity (Wildman–Crippen MR) is 80.4 cm³/mol. The Balaban J connectivity index is 2.69. The number of rotatable bonds is 8. The highest BCUT2D eigenvalue weighted by Crippen LogP contribution is 2.19. The van der Waals surface area contributed by atoms with E-state index in [1.165, 1.54) is 0 Å². The number of hydrogen-bond acceptors (Lipinski definition) is 3. The molecule has 0 unspecified atom stereocenters. The number of hydrogen-bond donors (Lipinski definition) is 2. The molecule has 2 amide bonds. The lowest BCUT2D eigenvalue weighted by atomic mass is 10.2. The molecule has 1 aromatic carbocycles. The van der Waals surface area contributed by atoms with E-state index in [1.807, 2.05) is 6.92 Å². The summed E-state index contributed by atoms with van der Waals surface area (Å²) in [4.78, 5) is 25.1. The third kappa shape index (κ3) is 5.90. The van der Waals surface area contributed by atoms with Crippen molar-refractivity contribution in [1.29, 1.82) is 0 Å². The zero-order chi connectivity index (χ0) is 17.4. The fourth-order valence-electron chi connectivity index (χ4n) is 2.00. The summed E-state index contributed by atoms with van der Waals surface area (Å²) in [5.41, 5.74) is -0.441. The lowest BCUT2D eigenvalue weighted by molar-refractivity contribution is -0.123.